The van der Waals surface area contributed by atoms with Crippen molar-refractivity contribution in [1.82, 2.24) is 44.6 Å². The zero-order valence-corrected chi connectivity index (χ0v) is 50.9. The van der Waals surface area contributed by atoms with Crippen molar-refractivity contribution in [1.29, 1.82) is 0 Å². The first-order valence-corrected chi connectivity index (χ1v) is 28.7. The summed E-state index contributed by atoms with van der Waals surface area (Å²) in [6.45, 7) is 5.14. The molecule has 1 saturated heterocycles. The van der Waals surface area contributed by atoms with E-state index in [9.17, 15) is 9.18 Å². The van der Waals surface area contributed by atoms with Gasteiger partial charge in [-0.25, -0.2) is 34.3 Å². The number of nitrogens with zero attached hydrogens (tertiary/aromatic N) is 12. The van der Waals surface area contributed by atoms with Gasteiger partial charge in [0.05, 0.1) is 78.9 Å². The lowest BCUT2D eigenvalue weighted by Gasteiger charge is -2.26. The first-order valence-electron chi connectivity index (χ1n) is 28.4. The van der Waals surface area contributed by atoms with Crippen LogP contribution in [0.4, 0.5) is 56.4 Å². The third-order valence-corrected chi connectivity index (χ3v) is 13.5. The molecule has 1 fully saturated rings. The van der Waals surface area contributed by atoms with Crippen LogP contribution in [0, 0.1) is 5.82 Å². The van der Waals surface area contributed by atoms with Gasteiger partial charge in [-0.3, -0.25) is 9.48 Å². The highest BCUT2D eigenvalue weighted by atomic mass is 35.5. The maximum absolute atomic E-state index is 13.5. The molecule has 1 aliphatic rings. The Morgan fingerprint density at radius 2 is 1.21 bits per heavy atom. The lowest BCUT2D eigenvalue weighted by Crippen LogP contribution is -2.42. The molecule has 10 aromatic rings. The van der Waals surface area contributed by atoms with Crippen LogP contribution in [-0.2, 0) is 37.2 Å². The summed E-state index contributed by atoms with van der Waals surface area (Å²) in [7, 11) is 3.00. The zero-order chi connectivity index (χ0) is 64.4. The number of methoxy groups -OCH3 is 1. The Hall–Kier alpha value is -11.7. The van der Waals surface area contributed by atoms with Crippen molar-refractivity contribution in [3.63, 3.8) is 0 Å². The fraction of sp³-hybridized carbons (Fsp3) is 0.172. The number of hydrogen-bond donors (Lipinski definition) is 6. The maximum Gasteiger partial charge on any atom is 0.263 e. The van der Waals surface area contributed by atoms with Crippen molar-refractivity contribution in [2.24, 2.45) is 15.5 Å². The molecule has 26 nitrogen and oxygen atoms in total. The molecule has 28 heteroatoms. The number of fused-ring (bicyclic) bond motifs is 1. The molecule has 1 amide bonds. The molecule has 0 radical (unpaired) electrons. The van der Waals surface area contributed by atoms with Crippen molar-refractivity contribution in [3.05, 3.63) is 203 Å². The normalized spacial score (nSPS) is 11.9. The lowest BCUT2D eigenvalue weighted by molar-refractivity contribution is -0.140. The monoisotopic (exact) mass is 1270 g/mol. The highest BCUT2D eigenvalue weighted by molar-refractivity contribution is 6.32. The molecule has 92 heavy (non-hydrogen) atoms. The van der Waals surface area contributed by atoms with Gasteiger partial charge in [0.1, 0.15) is 91.5 Å². The molecule has 9 N–H and O–H groups in total. The number of nitrogen functional groups attached to an aromatic ring is 3. The van der Waals surface area contributed by atoms with Crippen LogP contribution in [0.5, 0.6) is 23.0 Å². The molecular weight excluding hydrogens is 1200 g/mol. The second-order valence-corrected chi connectivity index (χ2v) is 19.8. The van der Waals surface area contributed by atoms with Crippen LogP contribution >= 0.6 is 11.6 Å². The quantitative estimate of drug-likeness (QED) is 0.0256. The number of amides is 1. The van der Waals surface area contributed by atoms with Crippen LogP contribution in [-0.4, -0.2) is 123 Å². The van der Waals surface area contributed by atoms with Crippen LogP contribution in [0.3, 0.4) is 0 Å². The molecule has 5 heterocycles. The number of ether oxygens (including phenoxy) is 4. The molecule has 472 valence electrons. The van der Waals surface area contributed by atoms with Crippen molar-refractivity contribution in [2.45, 2.75) is 20.1 Å². The largest absolute Gasteiger partial charge is 0.493 e. The standard InChI is InChI=1S/C24H26N6O5.C21H20FN7O.C19H18ClN5O2/c1-32-21-13-17(7-8-20(21)35-18-5-3-2-4-6-18)29-24-19(23(25)26-16-27-24)14-28-34-15-22(31)30-9-11-33-12-10-30;1-2-30-27-11-18-20(23)24-13-25-21(18)28-17-6-7-19-15(9-17)10-26-29(19)12-14-4-3-5-16(22)8-14;1-26-24-10-15-18(21)22-12-23-19(15)25-14-7-8-17(16(20)9-14)27-11-13-5-3-2-4-6-13/h2-8,13-14,16H,9-12,15H2,1H3,(H3,25,26,27,29);3-11,13H,2,12H2,1H3,(H3,23,24,25,28);2-10,12H,11H2,1H3,(H3,21,22,23,25)/b28-14+;27-11+;24-10+. The van der Waals surface area contributed by atoms with Crippen LogP contribution in [0.25, 0.3) is 10.9 Å². The summed E-state index contributed by atoms with van der Waals surface area (Å²) in [5.41, 5.74) is 24.4. The van der Waals surface area contributed by atoms with Gasteiger partial charge in [0.15, 0.2) is 18.1 Å². The average molecular weight is 1270 g/mol. The minimum Gasteiger partial charge on any atom is -0.493 e. The van der Waals surface area contributed by atoms with Gasteiger partial charge >= 0.3 is 0 Å². The van der Waals surface area contributed by atoms with Crippen LogP contribution in [0.15, 0.2) is 180 Å². The molecule has 0 spiro atoms. The van der Waals surface area contributed by atoms with Crippen LogP contribution < -0.4 is 47.4 Å². The van der Waals surface area contributed by atoms with E-state index in [2.05, 4.69) is 66.4 Å². The van der Waals surface area contributed by atoms with Gasteiger partial charge in [-0.15, -0.1) is 0 Å². The summed E-state index contributed by atoms with van der Waals surface area (Å²) in [5, 5.41) is 26.9. The fourth-order valence-corrected chi connectivity index (χ4v) is 8.89. The Balaban J connectivity index is 0.000000165. The van der Waals surface area contributed by atoms with Crippen LogP contribution in [0.1, 0.15) is 34.7 Å². The molecule has 4 aromatic heterocycles. The number of rotatable bonds is 23. The number of para-hydroxylation sites is 1. The number of carbonyl (C=O) groups is 1. The maximum atomic E-state index is 13.5. The van der Waals surface area contributed by atoms with E-state index in [1.165, 1.54) is 56.9 Å². The van der Waals surface area contributed by atoms with Crippen molar-refractivity contribution in [3.8, 4) is 23.0 Å². The predicted molar refractivity (Wildman–Crippen MR) is 351 cm³/mol. The van der Waals surface area contributed by atoms with Gasteiger partial charge in [0.25, 0.3) is 5.91 Å². The number of halogens is 2. The fourth-order valence-electron chi connectivity index (χ4n) is 8.65. The number of morpholine rings is 1. The van der Waals surface area contributed by atoms with Gasteiger partial charge in [0, 0.05) is 41.6 Å². The number of oxime groups is 3. The molecule has 0 aliphatic carbocycles. The van der Waals surface area contributed by atoms with Gasteiger partial charge in [-0.2, -0.15) is 5.10 Å². The smallest absolute Gasteiger partial charge is 0.263 e. The number of nitrogens with one attached hydrogen (secondary N) is 3. The van der Waals surface area contributed by atoms with Crippen molar-refractivity contribution < 1.29 is 42.6 Å². The van der Waals surface area contributed by atoms with E-state index >= 15 is 0 Å². The highest BCUT2D eigenvalue weighted by Gasteiger charge is 2.18. The Bertz CT molecular complexity index is 4150. The Morgan fingerprint density at radius 1 is 0.641 bits per heavy atom. The molecule has 1 aliphatic heterocycles. The lowest BCUT2D eigenvalue weighted by atomic mass is 10.2. The molecule has 6 aromatic carbocycles. The summed E-state index contributed by atoms with van der Waals surface area (Å²) in [5.74, 6) is 4.13. The van der Waals surface area contributed by atoms with E-state index < -0.39 is 0 Å². The molecule has 0 atom stereocenters. The van der Waals surface area contributed by atoms with Crippen LogP contribution in [0.2, 0.25) is 5.02 Å². The third kappa shape index (κ3) is 18.4. The SMILES string of the molecule is CCO/N=C/c1c(N)ncnc1Nc1ccc2c(cnn2Cc2cccc(F)c2)c1.CO/N=C/c1c(N)ncnc1Nc1ccc(OCc2ccccc2)c(Cl)c1.COc1cc(Nc2ncnc(N)c2/C=N/OCC(=O)N2CCOCC2)ccc1Oc1ccccc1. The first-order chi connectivity index (χ1) is 44.9. The molecule has 0 unspecified atom stereocenters. The summed E-state index contributed by atoms with van der Waals surface area (Å²) >= 11 is 6.35. The van der Waals surface area contributed by atoms with Gasteiger partial charge in [0.2, 0.25) is 0 Å². The van der Waals surface area contributed by atoms with E-state index in [0.717, 1.165) is 33.4 Å². The van der Waals surface area contributed by atoms with Gasteiger partial charge in [-0.1, -0.05) is 87.7 Å². The number of aromatic nitrogens is 8. The molecule has 11 rings (SSSR count). The summed E-state index contributed by atoms with van der Waals surface area (Å²) in [6, 6.07) is 42.3. The second-order valence-electron chi connectivity index (χ2n) is 19.4. The summed E-state index contributed by atoms with van der Waals surface area (Å²) in [4.78, 5) is 53.4. The minimum absolute atomic E-state index is 0.161. The van der Waals surface area contributed by atoms with E-state index in [1.807, 2.05) is 109 Å². The Kier molecular flexibility index (Phi) is 23.3. The average Bonchev–Trinajstić information content (AvgIpc) is 1.93. The zero-order valence-electron chi connectivity index (χ0n) is 50.1. The van der Waals surface area contributed by atoms with Gasteiger partial charge in [-0.05, 0) is 90.8 Å². The molecule has 0 bridgehead atoms. The van der Waals surface area contributed by atoms with Gasteiger partial charge < -0.3 is 71.5 Å². The Labute approximate surface area is 532 Å². The summed E-state index contributed by atoms with van der Waals surface area (Å²) in [6.07, 6.45) is 10.1. The van der Waals surface area contributed by atoms with E-state index in [-0.39, 0.29) is 30.0 Å². The van der Waals surface area contributed by atoms with E-state index in [4.69, 9.17) is 62.3 Å². The number of carbonyl (C=O) groups excluding carboxylic acids is 1. The van der Waals surface area contributed by atoms with E-state index in [1.54, 1.807) is 48.5 Å². The first kappa shape index (κ1) is 64.8. The molecule has 0 saturated carbocycles. The number of hydrogen-bond acceptors (Lipinski definition) is 24. The number of anilines is 9. The Morgan fingerprint density at radius 3 is 1.80 bits per heavy atom. The minimum atomic E-state index is -0.261. The highest BCUT2D eigenvalue weighted by Crippen LogP contribution is 2.36. The second kappa shape index (κ2) is 33.0. The third-order valence-electron chi connectivity index (χ3n) is 13.2. The predicted octanol–water partition coefficient (Wildman–Crippen LogP) is 10.5. The topological polar surface area (TPSA) is 331 Å². The van der Waals surface area contributed by atoms with Crippen molar-refractivity contribution >= 4 is 99.0 Å². The number of benzene rings is 6. The van der Waals surface area contributed by atoms with Crippen molar-refractivity contribution in [2.75, 3.05) is 86.9 Å². The summed E-state index contributed by atoms with van der Waals surface area (Å²) < 4.78 is 37.7. The van der Waals surface area contributed by atoms with E-state index in [0.29, 0.717) is 120 Å². The molecular formula is C64H64ClFN18O8. The number of nitrogens with two attached hydrogens (primary N) is 3.